The molecule has 2 rings (SSSR count). The Labute approximate surface area is 103 Å². The van der Waals surface area contributed by atoms with Gasteiger partial charge in [-0.2, -0.15) is 4.98 Å². The highest BCUT2D eigenvalue weighted by molar-refractivity contribution is 5.59. The highest BCUT2D eigenvalue weighted by Crippen LogP contribution is 2.26. The molecule has 18 heavy (non-hydrogen) atoms. The monoisotopic (exact) mass is 253 g/mol. The van der Waals surface area contributed by atoms with E-state index in [-0.39, 0.29) is 17.1 Å². The van der Waals surface area contributed by atoms with Crippen molar-refractivity contribution >= 4 is 5.69 Å². The van der Waals surface area contributed by atoms with Crippen molar-refractivity contribution in [3.05, 3.63) is 29.6 Å². The summed E-state index contributed by atoms with van der Waals surface area (Å²) in [6.07, 6.45) is 0.585. The van der Waals surface area contributed by atoms with Crippen LogP contribution >= 0.6 is 0 Å². The molecule has 2 N–H and O–H groups in total. The molecule has 6 heteroatoms. The Hall–Kier alpha value is -1.98. The van der Waals surface area contributed by atoms with Gasteiger partial charge < -0.3 is 10.3 Å². The van der Waals surface area contributed by atoms with Gasteiger partial charge in [0.2, 0.25) is 0 Å². The molecule has 0 unspecified atom stereocenters. The van der Waals surface area contributed by atoms with Gasteiger partial charge in [-0.15, -0.1) is 0 Å². The first-order valence-corrected chi connectivity index (χ1v) is 5.55. The molecular formula is C12H13F2N3O. The lowest BCUT2D eigenvalue weighted by molar-refractivity contribution is 0.413. The van der Waals surface area contributed by atoms with Crippen LogP contribution < -0.4 is 5.73 Å². The van der Waals surface area contributed by atoms with Gasteiger partial charge in [-0.05, 0) is 18.1 Å². The lowest BCUT2D eigenvalue weighted by Crippen LogP contribution is -1.97. The summed E-state index contributed by atoms with van der Waals surface area (Å²) in [4.78, 5) is 3.97. The molecule has 4 nitrogen and oxygen atoms in total. The number of hydrogen-bond donors (Lipinski definition) is 1. The third kappa shape index (κ3) is 2.47. The fourth-order valence-electron chi connectivity index (χ4n) is 1.60. The zero-order valence-electron chi connectivity index (χ0n) is 10.1. The van der Waals surface area contributed by atoms with Gasteiger partial charge in [0.1, 0.15) is 17.2 Å². The maximum absolute atomic E-state index is 13.6. The Morgan fingerprint density at radius 1 is 1.28 bits per heavy atom. The minimum atomic E-state index is -0.813. The van der Waals surface area contributed by atoms with Crippen LogP contribution in [0.2, 0.25) is 0 Å². The van der Waals surface area contributed by atoms with E-state index in [1.165, 1.54) is 0 Å². The number of halogens is 2. The highest BCUT2D eigenvalue weighted by Gasteiger charge is 2.19. The van der Waals surface area contributed by atoms with E-state index in [0.29, 0.717) is 18.2 Å². The normalized spacial score (nSPS) is 11.2. The molecule has 1 heterocycles. The summed E-state index contributed by atoms with van der Waals surface area (Å²) in [5.41, 5.74) is 5.00. The van der Waals surface area contributed by atoms with Crippen LogP contribution in [0.15, 0.2) is 16.7 Å². The second-order valence-electron chi connectivity index (χ2n) is 4.47. The number of nitrogens with two attached hydrogens (primary N) is 1. The highest BCUT2D eigenvalue weighted by atomic mass is 19.1. The second-order valence-corrected chi connectivity index (χ2v) is 4.47. The van der Waals surface area contributed by atoms with E-state index >= 15 is 0 Å². The Morgan fingerprint density at radius 2 is 1.89 bits per heavy atom. The largest absolute Gasteiger partial charge is 0.399 e. The van der Waals surface area contributed by atoms with Crippen LogP contribution in [0, 0.1) is 17.6 Å². The summed E-state index contributed by atoms with van der Waals surface area (Å²) < 4.78 is 32.1. The number of benzene rings is 1. The zero-order chi connectivity index (χ0) is 13.3. The summed E-state index contributed by atoms with van der Waals surface area (Å²) in [6, 6.07) is 2.04. The molecule has 0 atom stereocenters. The maximum Gasteiger partial charge on any atom is 0.263 e. The van der Waals surface area contributed by atoms with Gasteiger partial charge in [0.25, 0.3) is 5.89 Å². The molecule has 0 fully saturated rings. The summed E-state index contributed by atoms with van der Waals surface area (Å²) in [5, 5.41) is 3.69. The quantitative estimate of drug-likeness (QED) is 0.854. The van der Waals surface area contributed by atoms with Gasteiger partial charge in [0, 0.05) is 12.1 Å². The van der Waals surface area contributed by atoms with Crippen molar-refractivity contribution in [2.45, 2.75) is 20.3 Å². The number of aromatic nitrogens is 2. The number of nitrogens with zero attached hydrogens (tertiary/aromatic N) is 2. The van der Waals surface area contributed by atoms with E-state index in [1.807, 2.05) is 13.8 Å². The van der Waals surface area contributed by atoms with Crippen molar-refractivity contribution in [3.8, 4) is 11.5 Å². The molecule has 1 aromatic carbocycles. The summed E-state index contributed by atoms with van der Waals surface area (Å²) in [7, 11) is 0. The molecule has 0 bridgehead atoms. The molecule has 2 aromatic rings. The van der Waals surface area contributed by atoms with Gasteiger partial charge in [-0.3, -0.25) is 0 Å². The van der Waals surface area contributed by atoms with E-state index in [9.17, 15) is 8.78 Å². The Morgan fingerprint density at radius 3 is 2.44 bits per heavy atom. The van der Waals surface area contributed by atoms with E-state index in [1.54, 1.807) is 0 Å². The van der Waals surface area contributed by atoms with E-state index < -0.39 is 11.6 Å². The molecule has 0 spiro atoms. The minimum Gasteiger partial charge on any atom is -0.399 e. The van der Waals surface area contributed by atoms with Gasteiger partial charge in [-0.25, -0.2) is 8.78 Å². The predicted octanol–water partition coefficient (Wildman–Crippen LogP) is 2.80. The molecule has 0 aliphatic carbocycles. The van der Waals surface area contributed by atoms with Crippen LogP contribution in [0.4, 0.5) is 14.5 Å². The van der Waals surface area contributed by atoms with Crippen LogP contribution in [0.5, 0.6) is 0 Å². The third-order valence-corrected chi connectivity index (χ3v) is 2.34. The molecular weight excluding hydrogens is 240 g/mol. The second kappa shape index (κ2) is 4.72. The van der Waals surface area contributed by atoms with Crippen LogP contribution in [-0.4, -0.2) is 10.1 Å². The number of rotatable bonds is 3. The smallest absolute Gasteiger partial charge is 0.263 e. The number of nitrogen functional groups attached to an aromatic ring is 1. The van der Waals surface area contributed by atoms with Gasteiger partial charge >= 0.3 is 0 Å². The third-order valence-electron chi connectivity index (χ3n) is 2.34. The van der Waals surface area contributed by atoms with Gasteiger partial charge in [0.15, 0.2) is 5.82 Å². The Balaban J connectivity index is 2.40. The van der Waals surface area contributed by atoms with Crippen LogP contribution in [0.25, 0.3) is 11.5 Å². The molecule has 0 saturated carbocycles. The van der Waals surface area contributed by atoms with Crippen molar-refractivity contribution in [1.29, 1.82) is 0 Å². The fourth-order valence-corrected chi connectivity index (χ4v) is 1.60. The van der Waals surface area contributed by atoms with Gasteiger partial charge in [-0.1, -0.05) is 19.0 Å². The Bertz CT molecular complexity index is 543. The first-order valence-electron chi connectivity index (χ1n) is 5.55. The van der Waals surface area contributed by atoms with Gasteiger partial charge in [0.05, 0.1) is 0 Å². The van der Waals surface area contributed by atoms with E-state index in [4.69, 9.17) is 10.3 Å². The first-order chi connectivity index (χ1) is 8.47. The van der Waals surface area contributed by atoms with E-state index in [0.717, 1.165) is 12.1 Å². The molecule has 96 valence electrons. The average molecular weight is 253 g/mol. The van der Waals surface area contributed by atoms with Crippen molar-refractivity contribution in [2.24, 2.45) is 5.92 Å². The molecule has 0 aliphatic heterocycles. The Kier molecular flexibility index (Phi) is 3.27. The van der Waals surface area contributed by atoms with Crippen molar-refractivity contribution < 1.29 is 13.3 Å². The maximum atomic E-state index is 13.6. The number of anilines is 1. The van der Waals surface area contributed by atoms with Crippen LogP contribution in [0.3, 0.4) is 0 Å². The lowest BCUT2D eigenvalue weighted by atomic mass is 10.1. The van der Waals surface area contributed by atoms with E-state index in [2.05, 4.69) is 10.1 Å². The zero-order valence-corrected chi connectivity index (χ0v) is 10.1. The standard InChI is InChI=1S/C12H13F2N3O/c1-6(2)3-10-16-12(18-17-10)11-8(13)4-7(15)5-9(11)14/h4-6H,3,15H2,1-2H3. The average Bonchev–Trinajstić information content (AvgIpc) is 2.63. The number of hydrogen-bond acceptors (Lipinski definition) is 4. The lowest BCUT2D eigenvalue weighted by Gasteiger charge is -2.01. The SMILES string of the molecule is CC(C)Cc1noc(-c2c(F)cc(N)cc2F)n1. The summed E-state index contributed by atoms with van der Waals surface area (Å²) in [6.45, 7) is 3.97. The summed E-state index contributed by atoms with van der Waals surface area (Å²) >= 11 is 0. The van der Waals surface area contributed by atoms with Crippen LogP contribution in [0.1, 0.15) is 19.7 Å². The summed E-state index contributed by atoms with van der Waals surface area (Å²) in [5.74, 6) is -1.03. The first kappa shape index (κ1) is 12.5. The fraction of sp³-hybridized carbons (Fsp3) is 0.333. The minimum absolute atomic E-state index is 0.00988. The molecule has 0 saturated heterocycles. The van der Waals surface area contributed by atoms with Crippen molar-refractivity contribution in [2.75, 3.05) is 5.73 Å². The van der Waals surface area contributed by atoms with Crippen LogP contribution in [-0.2, 0) is 6.42 Å². The molecule has 0 radical (unpaired) electrons. The topological polar surface area (TPSA) is 64.9 Å². The molecule has 1 aromatic heterocycles. The molecule has 0 amide bonds. The van der Waals surface area contributed by atoms with Crippen molar-refractivity contribution in [3.63, 3.8) is 0 Å². The molecule has 0 aliphatic rings. The van der Waals surface area contributed by atoms with Crippen molar-refractivity contribution in [1.82, 2.24) is 10.1 Å². The predicted molar refractivity (Wildman–Crippen MR) is 62.6 cm³/mol.